The number of hydrogen-bond acceptors (Lipinski definition) is 4. The van der Waals surface area contributed by atoms with Crippen molar-refractivity contribution in [3.63, 3.8) is 0 Å². The molecule has 0 aliphatic carbocycles. The van der Waals surface area contributed by atoms with Crippen molar-refractivity contribution in [2.24, 2.45) is 0 Å². The summed E-state index contributed by atoms with van der Waals surface area (Å²) in [6, 6.07) is 1.97. The molecule has 1 N–H and O–H groups in total. The van der Waals surface area contributed by atoms with E-state index in [0.717, 1.165) is 11.3 Å². The van der Waals surface area contributed by atoms with Crippen LogP contribution in [-0.4, -0.2) is 15.1 Å². The highest BCUT2D eigenvalue weighted by molar-refractivity contribution is 7.10. The summed E-state index contributed by atoms with van der Waals surface area (Å²) in [5.74, 6) is 0. The minimum absolute atomic E-state index is 0.596. The van der Waals surface area contributed by atoms with E-state index in [0.29, 0.717) is 5.69 Å². The van der Waals surface area contributed by atoms with E-state index in [1.54, 1.807) is 23.7 Å². The van der Waals surface area contributed by atoms with Gasteiger partial charge in [-0.1, -0.05) is 0 Å². The molecular formula is C11H12N2OS. The molecule has 0 spiro atoms. The largest absolute Gasteiger partial charge is 0.382 e. The molecule has 2 aromatic heterocycles. The second kappa shape index (κ2) is 4.08. The minimum atomic E-state index is -0.664. The number of hydrogen-bond donors (Lipinski definition) is 1. The maximum absolute atomic E-state index is 10.0. The molecule has 0 radical (unpaired) electrons. The lowest BCUT2D eigenvalue weighted by Crippen LogP contribution is -2.02. The van der Waals surface area contributed by atoms with Gasteiger partial charge in [-0.15, -0.1) is 11.3 Å². The van der Waals surface area contributed by atoms with Crippen LogP contribution >= 0.6 is 11.3 Å². The van der Waals surface area contributed by atoms with Gasteiger partial charge >= 0.3 is 0 Å². The Labute approximate surface area is 92.5 Å². The van der Waals surface area contributed by atoms with Gasteiger partial charge in [0.2, 0.25) is 0 Å². The van der Waals surface area contributed by atoms with E-state index in [4.69, 9.17) is 0 Å². The Morgan fingerprint density at radius 1 is 1.27 bits per heavy atom. The van der Waals surface area contributed by atoms with Crippen LogP contribution < -0.4 is 0 Å². The fourth-order valence-corrected chi connectivity index (χ4v) is 2.04. The summed E-state index contributed by atoms with van der Waals surface area (Å²) in [5.41, 5.74) is 2.33. The lowest BCUT2D eigenvalue weighted by molar-refractivity contribution is 0.215. The first kappa shape index (κ1) is 10.3. The quantitative estimate of drug-likeness (QED) is 0.844. The normalized spacial score (nSPS) is 12.7. The lowest BCUT2D eigenvalue weighted by atomic mass is 10.1. The molecule has 0 amide bonds. The van der Waals surface area contributed by atoms with Crippen molar-refractivity contribution in [2.45, 2.75) is 20.0 Å². The molecule has 0 bridgehead atoms. The molecule has 2 heterocycles. The van der Waals surface area contributed by atoms with Crippen LogP contribution in [0.4, 0.5) is 0 Å². The number of aromatic nitrogens is 2. The van der Waals surface area contributed by atoms with Crippen molar-refractivity contribution < 1.29 is 5.11 Å². The summed E-state index contributed by atoms with van der Waals surface area (Å²) in [6.07, 6.45) is 2.62. The monoisotopic (exact) mass is 220 g/mol. The predicted octanol–water partition coefficient (Wildman–Crippen LogP) is 2.24. The Bertz CT molecular complexity index is 450. The van der Waals surface area contributed by atoms with Crippen molar-refractivity contribution in [3.05, 3.63) is 45.7 Å². The maximum Gasteiger partial charge on any atom is 0.123 e. The third kappa shape index (κ3) is 2.22. The second-order valence-corrected chi connectivity index (χ2v) is 4.59. The first-order valence-corrected chi connectivity index (χ1v) is 5.56. The third-order valence-corrected chi connectivity index (χ3v) is 3.03. The molecule has 0 aliphatic rings. The van der Waals surface area contributed by atoms with Crippen LogP contribution in [0.2, 0.25) is 0 Å². The summed E-state index contributed by atoms with van der Waals surface area (Å²) in [5, 5.41) is 11.9. The fraction of sp³-hybridized carbons (Fsp3) is 0.273. The van der Waals surface area contributed by atoms with Crippen LogP contribution in [0.3, 0.4) is 0 Å². The Hall–Kier alpha value is -1.26. The molecule has 2 rings (SSSR count). The Morgan fingerprint density at radius 2 is 2.07 bits per heavy atom. The zero-order valence-electron chi connectivity index (χ0n) is 8.64. The van der Waals surface area contributed by atoms with Gasteiger partial charge in [-0.25, -0.2) is 0 Å². The molecule has 0 saturated carbocycles. The van der Waals surface area contributed by atoms with E-state index in [1.807, 2.05) is 25.3 Å². The number of aryl methyl sites for hydroxylation is 2. The summed E-state index contributed by atoms with van der Waals surface area (Å²) in [4.78, 5) is 9.45. The molecule has 0 saturated heterocycles. The van der Waals surface area contributed by atoms with Crippen molar-refractivity contribution >= 4 is 11.3 Å². The van der Waals surface area contributed by atoms with Crippen LogP contribution in [0.5, 0.6) is 0 Å². The minimum Gasteiger partial charge on any atom is -0.382 e. The lowest BCUT2D eigenvalue weighted by Gasteiger charge is -2.07. The van der Waals surface area contributed by atoms with Gasteiger partial charge < -0.3 is 5.11 Å². The third-order valence-electron chi connectivity index (χ3n) is 2.15. The number of thiophene rings is 1. The van der Waals surface area contributed by atoms with Crippen LogP contribution in [0.1, 0.15) is 27.9 Å². The zero-order chi connectivity index (χ0) is 10.8. The number of nitrogens with zero attached hydrogens (tertiary/aromatic N) is 2. The molecule has 1 atom stereocenters. The smallest absolute Gasteiger partial charge is 0.123 e. The predicted molar refractivity (Wildman–Crippen MR) is 59.9 cm³/mol. The SMILES string of the molecule is Cc1cnc(C(O)c2csc(C)c2)cn1. The zero-order valence-corrected chi connectivity index (χ0v) is 9.45. The molecule has 0 aromatic carbocycles. The molecule has 4 heteroatoms. The van der Waals surface area contributed by atoms with Gasteiger partial charge in [0.1, 0.15) is 6.10 Å². The Balaban J connectivity index is 2.28. The molecule has 1 unspecified atom stereocenters. The number of rotatable bonds is 2. The van der Waals surface area contributed by atoms with Crippen LogP contribution in [-0.2, 0) is 0 Å². The molecule has 3 nitrogen and oxygen atoms in total. The summed E-state index contributed by atoms with van der Waals surface area (Å²) < 4.78 is 0. The van der Waals surface area contributed by atoms with E-state index >= 15 is 0 Å². The maximum atomic E-state index is 10.0. The molecule has 2 aromatic rings. The average molecular weight is 220 g/mol. The highest BCUT2D eigenvalue weighted by atomic mass is 32.1. The van der Waals surface area contributed by atoms with E-state index < -0.39 is 6.10 Å². The molecule has 15 heavy (non-hydrogen) atoms. The van der Waals surface area contributed by atoms with E-state index in [2.05, 4.69) is 9.97 Å². The first-order valence-electron chi connectivity index (χ1n) is 4.68. The topological polar surface area (TPSA) is 46.0 Å². The van der Waals surface area contributed by atoms with E-state index in [9.17, 15) is 5.11 Å². The van der Waals surface area contributed by atoms with Crippen molar-refractivity contribution in [3.8, 4) is 0 Å². The second-order valence-electron chi connectivity index (χ2n) is 3.48. The average Bonchev–Trinajstić information content (AvgIpc) is 2.65. The van der Waals surface area contributed by atoms with Gasteiger partial charge in [-0.2, -0.15) is 0 Å². The summed E-state index contributed by atoms with van der Waals surface area (Å²) in [7, 11) is 0. The Kier molecular flexibility index (Phi) is 2.79. The number of aliphatic hydroxyl groups is 1. The van der Waals surface area contributed by atoms with Crippen molar-refractivity contribution in [1.82, 2.24) is 9.97 Å². The molecule has 78 valence electrons. The van der Waals surface area contributed by atoms with E-state index in [-0.39, 0.29) is 0 Å². The van der Waals surface area contributed by atoms with Gasteiger partial charge in [-0.05, 0) is 30.9 Å². The van der Waals surface area contributed by atoms with Crippen LogP contribution in [0, 0.1) is 13.8 Å². The first-order chi connectivity index (χ1) is 7.16. The van der Waals surface area contributed by atoms with E-state index in [1.165, 1.54) is 4.88 Å². The van der Waals surface area contributed by atoms with Crippen LogP contribution in [0.15, 0.2) is 23.8 Å². The van der Waals surface area contributed by atoms with Crippen molar-refractivity contribution in [2.75, 3.05) is 0 Å². The number of aliphatic hydroxyl groups excluding tert-OH is 1. The van der Waals surface area contributed by atoms with Gasteiger partial charge in [0.25, 0.3) is 0 Å². The standard InChI is InChI=1S/C11H12N2OS/c1-7-4-13-10(5-12-7)11(14)9-3-8(2)15-6-9/h3-6,11,14H,1-2H3. The van der Waals surface area contributed by atoms with Crippen LogP contribution in [0.25, 0.3) is 0 Å². The Morgan fingerprint density at radius 3 is 2.60 bits per heavy atom. The molecular weight excluding hydrogens is 208 g/mol. The van der Waals surface area contributed by atoms with Gasteiger partial charge in [-0.3, -0.25) is 9.97 Å². The summed E-state index contributed by atoms with van der Waals surface area (Å²) >= 11 is 1.62. The van der Waals surface area contributed by atoms with Crippen molar-refractivity contribution in [1.29, 1.82) is 0 Å². The molecule has 0 fully saturated rings. The fourth-order valence-electron chi connectivity index (χ4n) is 1.32. The summed E-state index contributed by atoms with van der Waals surface area (Å²) in [6.45, 7) is 3.89. The van der Waals surface area contributed by atoms with Gasteiger partial charge in [0.15, 0.2) is 0 Å². The molecule has 0 aliphatic heterocycles. The van der Waals surface area contributed by atoms with Gasteiger partial charge in [0, 0.05) is 11.1 Å². The highest BCUT2D eigenvalue weighted by Gasteiger charge is 2.13. The highest BCUT2D eigenvalue weighted by Crippen LogP contribution is 2.24. The van der Waals surface area contributed by atoms with Gasteiger partial charge in [0.05, 0.1) is 17.6 Å².